The summed E-state index contributed by atoms with van der Waals surface area (Å²) in [5.41, 5.74) is 0.182. The first-order valence-electron chi connectivity index (χ1n) is 4.89. The lowest BCUT2D eigenvalue weighted by Gasteiger charge is -2.30. The van der Waals surface area contributed by atoms with Crippen molar-refractivity contribution in [2.75, 3.05) is 0 Å². The molecule has 0 rings (SSSR count). The second-order valence-corrected chi connectivity index (χ2v) is 4.56. The zero-order valence-electron chi connectivity index (χ0n) is 9.11. The lowest BCUT2D eigenvalue weighted by Crippen LogP contribution is -2.24. The topological polar surface area (TPSA) is 17.1 Å². The molecule has 1 unspecified atom stereocenters. The molecule has 1 atom stereocenters. The summed E-state index contributed by atoms with van der Waals surface area (Å²) in [5.74, 6) is 0.953. The SMILES string of the molecule is CCCC(C)C(C)(C)CC(C)=O. The predicted molar refractivity (Wildman–Crippen MR) is 53.2 cm³/mol. The van der Waals surface area contributed by atoms with Crippen molar-refractivity contribution in [1.82, 2.24) is 0 Å². The van der Waals surface area contributed by atoms with Gasteiger partial charge in [0.15, 0.2) is 0 Å². The maximum atomic E-state index is 11.0. The highest BCUT2D eigenvalue weighted by molar-refractivity contribution is 5.76. The average Bonchev–Trinajstić information content (AvgIpc) is 1.85. The normalized spacial score (nSPS) is 14.4. The third-order valence-corrected chi connectivity index (χ3v) is 2.76. The summed E-state index contributed by atoms with van der Waals surface area (Å²) in [5, 5.41) is 0. The van der Waals surface area contributed by atoms with E-state index < -0.39 is 0 Å². The molecular formula is C11H22O. The first-order valence-corrected chi connectivity index (χ1v) is 4.89. The Morgan fingerprint density at radius 2 is 1.92 bits per heavy atom. The molecule has 0 spiro atoms. The summed E-state index contributed by atoms with van der Waals surface area (Å²) >= 11 is 0. The lowest BCUT2D eigenvalue weighted by molar-refractivity contribution is -0.119. The molecule has 0 radical (unpaired) electrons. The van der Waals surface area contributed by atoms with Crippen molar-refractivity contribution in [3.63, 3.8) is 0 Å². The van der Waals surface area contributed by atoms with Gasteiger partial charge in [-0.15, -0.1) is 0 Å². The second kappa shape index (κ2) is 4.64. The van der Waals surface area contributed by atoms with Crippen molar-refractivity contribution in [3.8, 4) is 0 Å². The Balaban J connectivity index is 4.07. The second-order valence-electron chi connectivity index (χ2n) is 4.56. The molecule has 0 heterocycles. The van der Waals surface area contributed by atoms with Crippen LogP contribution < -0.4 is 0 Å². The quantitative estimate of drug-likeness (QED) is 0.618. The van der Waals surface area contributed by atoms with Crippen LogP contribution in [0, 0.1) is 11.3 Å². The van der Waals surface area contributed by atoms with Crippen molar-refractivity contribution >= 4 is 5.78 Å². The Bertz CT molecular complexity index is 147. The fourth-order valence-corrected chi connectivity index (χ4v) is 1.64. The zero-order valence-corrected chi connectivity index (χ0v) is 9.11. The zero-order chi connectivity index (χ0) is 9.78. The van der Waals surface area contributed by atoms with E-state index >= 15 is 0 Å². The lowest BCUT2D eigenvalue weighted by atomic mass is 9.74. The Kier molecular flexibility index (Phi) is 4.51. The van der Waals surface area contributed by atoms with Gasteiger partial charge in [-0.3, -0.25) is 0 Å². The molecule has 0 amide bonds. The van der Waals surface area contributed by atoms with Crippen LogP contribution in [0.15, 0.2) is 0 Å². The van der Waals surface area contributed by atoms with E-state index in [0.29, 0.717) is 18.1 Å². The van der Waals surface area contributed by atoms with E-state index in [4.69, 9.17) is 0 Å². The standard InChI is InChI=1S/C11H22O/c1-6-7-9(2)11(4,5)8-10(3)12/h9H,6-8H2,1-5H3. The van der Waals surface area contributed by atoms with Crippen LogP contribution in [0.5, 0.6) is 0 Å². The Labute approximate surface area is 76.6 Å². The summed E-state index contributed by atoms with van der Waals surface area (Å²) in [4.78, 5) is 11.0. The van der Waals surface area contributed by atoms with Gasteiger partial charge < -0.3 is 4.79 Å². The molecule has 0 aromatic heterocycles. The van der Waals surface area contributed by atoms with Crippen molar-refractivity contribution in [1.29, 1.82) is 0 Å². The molecule has 12 heavy (non-hydrogen) atoms. The molecule has 0 N–H and O–H groups in total. The first-order chi connectivity index (χ1) is 5.40. The molecule has 72 valence electrons. The van der Waals surface area contributed by atoms with Gasteiger partial charge in [0.1, 0.15) is 5.78 Å². The number of carbonyl (C=O) groups excluding carboxylic acids is 1. The van der Waals surface area contributed by atoms with Gasteiger partial charge in [-0.1, -0.05) is 40.5 Å². The number of carbonyl (C=O) groups is 1. The number of hydrogen-bond donors (Lipinski definition) is 0. The van der Waals surface area contributed by atoms with Crippen LogP contribution in [0.25, 0.3) is 0 Å². The van der Waals surface area contributed by atoms with Crippen molar-refractivity contribution in [2.45, 2.75) is 53.9 Å². The minimum atomic E-state index is 0.182. The van der Waals surface area contributed by atoms with Crippen LogP contribution >= 0.6 is 0 Å². The highest BCUT2D eigenvalue weighted by atomic mass is 16.1. The third kappa shape index (κ3) is 3.89. The van der Waals surface area contributed by atoms with E-state index in [1.54, 1.807) is 6.92 Å². The average molecular weight is 170 g/mol. The van der Waals surface area contributed by atoms with Crippen LogP contribution in [-0.2, 0) is 4.79 Å². The summed E-state index contributed by atoms with van der Waals surface area (Å²) in [6, 6.07) is 0. The minimum Gasteiger partial charge on any atom is -0.300 e. The van der Waals surface area contributed by atoms with Gasteiger partial charge >= 0.3 is 0 Å². The van der Waals surface area contributed by atoms with Gasteiger partial charge in [0.2, 0.25) is 0 Å². The Morgan fingerprint density at radius 1 is 1.42 bits per heavy atom. The number of Topliss-reactive ketones (excluding diaryl/α,β-unsaturated/α-hetero) is 1. The molecule has 0 fully saturated rings. The summed E-state index contributed by atoms with van der Waals surface area (Å²) < 4.78 is 0. The molecule has 0 saturated heterocycles. The van der Waals surface area contributed by atoms with Crippen LogP contribution in [0.1, 0.15) is 53.9 Å². The third-order valence-electron chi connectivity index (χ3n) is 2.76. The maximum Gasteiger partial charge on any atom is 0.130 e. The molecule has 0 aliphatic carbocycles. The first kappa shape index (κ1) is 11.7. The van der Waals surface area contributed by atoms with Gasteiger partial charge in [0, 0.05) is 6.42 Å². The molecule has 0 bridgehead atoms. The highest BCUT2D eigenvalue weighted by Crippen LogP contribution is 2.33. The molecule has 0 aromatic rings. The van der Waals surface area contributed by atoms with Gasteiger partial charge in [0.25, 0.3) is 0 Å². The summed E-state index contributed by atoms with van der Waals surface area (Å²) in [6.07, 6.45) is 3.15. The molecule has 0 aliphatic rings. The van der Waals surface area contributed by atoms with E-state index in [9.17, 15) is 4.79 Å². The molecule has 0 aliphatic heterocycles. The minimum absolute atomic E-state index is 0.182. The Hall–Kier alpha value is -0.330. The molecule has 1 heteroatoms. The highest BCUT2D eigenvalue weighted by Gasteiger charge is 2.26. The fraction of sp³-hybridized carbons (Fsp3) is 0.909. The van der Waals surface area contributed by atoms with E-state index in [1.807, 2.05) is 0 Å². The molecule has 1 nitrogen and oxygen atoms in total. The van der Waals surface area contributed by atoms with Crippen LogP contribution in [0.2, 0.25) is 0 Å². The van der Waals surface area contributed by atoms with Crippen LogP contribution in [0.4, 0.5) is 0 Å². The molecule has 0 aromatic carbocycles. The predicted octanol–water partition coefficient (Wildman–Crippen LogP) is 3.43. The molecular weight excluding hydrogens is 148 g/mol. The van der Waals surface area contributed by atoms with Gasteiger partial charge in [-0.25, -0.2) is 0 Å². The van der Waals surface area contributed by atoms with E-state index in [1.165, 1.54) is 12.8 Å². The van der Waals surface area contributed by atoms with Crippen molar-refractivity contribution in [3.05, 3.63) is 0 Å². The molecule has 0 saturated carbocycles. The largest absolute Gasteiger partial charge is 0.300 e. The van der Waals surface area contributed by atoms with E-state index in [0.717, 1.165) is 0 Å². The smallest absolute Gasteiger partial charge is 0.130 e. The van der Waals surface area contributed by atoms with Gasteiger partial charge in [0.05, 0.1) is 0 Å². The van der Waals surface area contributed by atoms with Gasteiger partial charge in [-0.05, 0) is 18.3 Å². The van der Waals surface area contributed by atoms with Crippen molar-refractivity contribution in [2.24, 2.45) is 11.3 Å². The monoisotopic (exact) mass is 170 g/mol. The van der Waals surface area contributed by atoms with Gasteiger partial charge in [-0.2, -0.15) is 0 Å². The fourth-order valence-electron chi connectivity index (χ4n) is 1.64. The summed E-state index contributed by atoms with van der Waals surface area (Å²) in [7, 11) is 0. The van der Waals surface area contributed by atoms with Crippen molar-refractivity contribution < 1.29 is 4.79 Å². The number of hydrogen-bond acceptors (Lipinski definition) is 1. The maximum absolute atomic E-state index is 11.0. The van der Waals surface area contributed by atoms with Crippen LogP contribution in [-0.4, -0.2) is 5.78 Å². The number of ketones is 1. The van der Waals surface area contributed by atoms with Crippen LogP contribution in [0.3, 0.4) is 0 Å². The Morgan fingerprint density at radius 3 is 2.25 bits per heavy atom. The summed E-state index contributed by atoms with van der Waals surface area (Å²) in [6.45, 7) is 10.5. The number of rotatable bonds is 5. The van der Waals surface area contributed by atoms with E-state index in [2.05, 4.69) is 27.7 Å². The van der Waals surface area contributed by atoms with E-state index in [-0.39, 0.29) is 5.41 Å².